The van der Waals surface area contributed by atoms with Crippen LogP contribution in [0.2, 0.25) is 0 Å². The number of ether oxygens (including phenoxy) is 2. The Balaban J connectivity index is 5.77. The van der Waals surface area contributed by atoms with Crippen LogP contribution in [0.3, 0.4) is 0 Å². The second kappa shape index (κ2) is 13.7. The molecule has 0 aliphatic rings. The van der Waals surface area contributed by atoms with Crippen molar-refractivity contribution in [1.29, 1.82) is 0 Å². The van der Waals surface area contributed by atoms with Crippen molar-refractivity contribution < 1.29 is 50.0 Å². The van der Waals surface area contributed by atoms with Gasteiger partial charge in [0.1, 0.15) is 30.5 Å². The molecule has 0 radical (unpaired) electrons. The predicted octanol–water partition coefficient (Wildman–Crippen LogP) is -0.156. The van der Waals surface area contributed by atoms with Gasteiger partial charge in [0.15, 0.2) is 5.76 Å². The number of hydrogen-bond acceptors (Lipinski definition) is 9. The number of aliphatic carboxylic acids is 1. The summed E-state index contributed by atoms with van der Waals surface area (Å²) in [6.45, 7) is 3.03. The number of carboxylic acid groups (broad SMARTS) is 1. The van der Waals surface area contributed by atoms with Crippen LogP contribution >= 0.6 is 0 Å². The first-order valence-corrected chi connectivity index (χ1v) is 8.96. The van der Waals surface area contributed by atoms with E-state index in [1.165, 1.54) is 0 Å². The van der Waals surface area contributed by atoms with Crippen LogP contribution in [0.5, 0.6) is 0 Å². The van der Waals surface area contributed by atoms with Crippen LogP contribution < -0.4 is 0 Å². The quantitative estimate of drug-likeness (QED) is 0.112. The third-order valence-electron chi connectivity index (χ3n) is 3.88. The van der Waals surface area contributed by atoms with E-state index in [0.717, 1.165) is 12.8 Å². The molecule has 10 nitrogen and oxygen atoms in total. The van der Waals surface area contributed by atoms with Gasteiger partial charge < -0.3 is 45.2 Å². The van der Waals surface area contributed by atoms with Crippen molar-refractivity contribution in [1.82, 2.24) is 0 Å². The molecule has 0 saturated heterocycles. The minimum atomic E-state index is -1.86. The van der Waals surface area contributed by atoms with Crippen molar-refractivity contribution in [2.24, 2.45) is 0 Å². The Morgan fingerprint density at radius 3 is 1.85 bits per heavy atom. The summed E-state index contributed by atoms with van der Waals surface area (Å²) in [5.41, 5.74) is 0. The highest BCUT2D eigenvalue weighted by atomic mass is 16.6. The molecule has 0 fully saturated rings. The summed E-state index contributed by atoms with van der Waals surface area (Å²) < 4.78 is 10.9. The molecule has 7 N–H and O–H groups in total. The van der Waals surface area contributed by atoms with E-state index < -0.39 is 54.6 Å². The zero-order valence-electron chi connectivity index (χ0n) is 15.7. The van der Waals surface area contributed by atoms with Crippen molar-refractivity contribution >= 4 is 5.97 Å². The topological polar surface area (TPSA) is 177 Å². The Morgan fingerprint density at radius 1 is 0.889 bits per heavy atom. The van der Waals surface area contributed by atoms with Gasteiger partial charge in [-0.2, -0.15) is 0 Å². The molecule has 27 heavy (non-hydrogen) atoms. The molecule has 5 unspecified atom stereocenters. The summed E-state index contributed by atoms with van der Waals surface area (Å²) in [5.74, 6) is -4.27. The first kappa shape index (κ1) is 25.6. The van der Waals surface area contributed by atoms with Gasteiger partial charge in [0.05, 0.1) is 6.61 Å². The van der Waals surface area contributed by atoms with Crippen LogP contribution in [0, 0.1) is 0 Å². The van der Waals surface area contributed by atoms with Crippen LogP contribution in [0.25, 0.3) is 0 Å². The van der Waals surface area contributed by atoms with Gasteiger partial charge in [0.25, 0.3) is 0 Å². The largest absolute Gasteiger partial charge is 0.506 e. The number of rotatable bonds is 15. The Hall–Kier alpha value is -1.43. The molecule has 0 bridgehead atoms. The molecule has 10 heteroatoms. The van der Waals surface area contributed by atoms with Crippen molar-refractivity contribution in [3.05, 3.63) is 11.5 Å². The molecule has 0 spiro atoms. The lowest BCUT2D eigenvalue weighted by Gasteiger charge is -2.34. The highest BCUT2D eigenvalue weighted by Crippen LogP contribution is 2.22. The standard InChI is InChI=1S/C17H32O10/c1-3-5-7-26-15(12(21)11(20)10(19)9-18)16(27-8-6-4-2)13(22)14(23)17(24)25/h10-12,15-16,18-23H,3-9H2,1-2H3,(H,24,25)/b14-13+. The molecular formula is C17H32O10. The Bertz CT molecular complexity index is 453. The fourth-order valence-electron chi connectivity index (χ4n) is 2.19. The van der Waals surface area contributed by atoms with Crippen molar-refractivity contribution in [2.45, 2.75) is 70.1 Å². The van der Waals surface area contributed by atoms with Crippen molar-refractivity contribution in [3.8, 4) is 0 Å². The van der Waals surface area contributed by atoms with Crippen molar-refractivity contribution in [3.63, 3.8) is 0 Å². The number of unbranched alkanes of at least 4 members (excludes halogenated alkanes) is 2. The fraction of sp³-hybridized carbons (Fsp3) is 0.824. The molecule has 0 aromatic rings. The van der Waals surface area contributed by atoms with Gasteiger partial charge in [-0.25, -0.2) is 4.79 Å². The van der Waals surface area contributed by atoms with E-state index in [-0.39, 0.29) is 13.2 Å². The van der Waals surface area contributed by atoms with Crippen LogP contribution in [-0.2, 0) is 14.3 Å². The normalized spacial score (nSPS) is 18.3. The van der Waals surface area contributed by atoms with Gasteiger partial charge in [-0.15, -0.1) is 0 Å². The summed E-state index contributed by atoms with van der Waals surface area (Å²) in [4.78, 5) is 11.0. The first-order valence-electron chi connectivity index (χ1n) is 8.96. The molecule has 0 aromatic heterocycles. The van der Waals surface area contributed by atoms with Gasteiger partial charge >= 0.3 is 5.97 Å². The lowest BCUT2D eigenvalue weighted by atomic mass is 9.97. The highest BCUT2D eigenvalue weighted by molar-refractivity contribution is 5.84. The maximum absolute atomic E-state index is 11.0. The number of aliphatic hydroxyl groups excluding tert-OH is 6. The van der Waals surface area contributed by atoms with E-state index in [1.54, 1.807) is 0 Å². The number of carbonyl (C=O) groups is 1. The van der Waals surface area contributed by atoms with E-state index in [2.05, 4.69) is 0 Å². The Labute approximate surface area is 158 Å². The summed E-state index contributed by atoms with van der Waals surface area (Å²) in [5, 5.41) is 67.5. The van der Waals surface area contributed by atoms with Gasteiger partial charge in [0, 0.05) is 13.2 Å². The highest BCUT2D eigenvalue weighted by Gasteiger charge is 2.41. The molecule has 0 aromatic carbocycles. The monoisotopic (exact) mass is 396 g/mol. The van der Waals surface area contributed by atoms with Gasteiger partial charge in [-0.3, -0.25) is 0 Å². The average molecular weight is 396 g/mol. The molecule has 0 saturated carbocycles. The first-order chi connectivity index (χ1) is 12.7. The molecule has 0 rings (SSSR count). The zero-order chi connectivity index (χ0) is 21.0. The zero-order valence-corrected chi connectivity index (χ0v) is 15.7. The van der Waals surface area contributed by atoms with E-state index in [9.17, 15) is 30.3 Å². The second-order valence-electron chi connectivity index (χ2n) is 6.10. The molecule has 0 aliphatic carbocycles. The van der Waals surface area contributed by atoms with Crippen LogP contribution in [0.1, 0.15) is 39.5 Å². The molecular weight excluding hydrogens is 364 g/mol. The lowest BCUT2D eigenvalue weighted by Crippen LogP contribution is -2.52. The van der Waals surface area contributed by atoms with E-state index in [1.807, 2.05) is 13.8 Å². The van der Waals surface area contributed by atoms with Crippen LogP contribution in [0.4, 0.5) is 0 Å². The van der Waals surface area contributed by atoms with E-state index in [0.29, 0.717) is 12.8 Å². The summed E-state index contributed by atoms with van der Waals surface area (Å²) in [7, 11) is 0. The van der Waals surface area contributed by atoms with Crippen LogP contribution in [0.15, 0.2) is 11.5 Å². The third kappa shape index (κ3) is 8.41. The number of carboxylic acids is 1. The SMILES string of the molecule is CCCCOC(/C(O)=C(\O)C(=O)O)C(OCCCC)C(O)C(O)C(O)CO. The molecule has 5 atom stereocenters. The Morgan fingerprint density at radius 2 is 1.41 bits per heavy atom. The maximum Gasteiger partial charge on any atom is 0.374 e. The minimum absolute atomic E-state index is 0.0527. The Kier molecular flexibility index (Phi) is 13.0. The van der Waals surface area contributed by atoms with E-state index >= 15 is 0 Å². The van der Waals surface area contributed by atoms with Gasteiger partial charge in [-0.05, 0) is 12.8 Å². The molecule has 0 heterocycles. The molecule has 0 aliphatic heterocycles. The number of aliphatic hydroxyl groups is 6. The maximum atomic E-state index is 11.0. The summed E-state index contributed by atoms with van der Waals surface area (Å²) >= 11 is 0. The lowest BCUT2D eigenvalue weighted by molar-refractivity contribution is -0.169. The third-order valence-corrected chi connectivity index (χ3v) is 3.88. The predicted molar refractivity (Wildman–Crippen MR) is 94.3 cm³/mol. The fourth-order valence-corrected chi connectivity index (χ4v) is 2.19. The van der Waals surface area contributed by atoms with Crippen molar-refractivity contribution in [2.75, 3.05) is 19.8 Å². The second-order valence-corrected chi connectivity index (χ2v) is 6.10. The molecule has 160 valence electrons. The minimum Gasteiger partial charge on any atom is -0.506 e. The average Bonchev–Trinajstić information content (AvgIpc) is 2.66. The van der Waals surface area contributed by atoms with Gasteiger partial charge in [-0.1, -0.05) is 26.7 Å². The van der Waals surface area contributed by atoms with Crippen LogP contribution in [-0.4, -0.2) is 92.1 Å². The smallest absolute Gasteiger partial charge is 0.374 e. The summed E-state index contributed by atoms with van der Waals surface area (Å²) in [6, 6.07) is 0. The van der Waals surface area contributed by atoms with Gasteiger partial charge in [0.2, 0.25) is 5.76 Å². The van der Waals surface area contributed by atoms with E-state index in [4.69, 9.17) is 19.7 Å². The summed E-state index contributed by atoms with van der Waals surface area (Å²) in [6.07, 6.45) is -5.99. The molecule has 0 amide bonds. The number of hydrogen-bond donors (Lipinski definition) is 7.